The average molecular weight is 371 g/mol. The SMILES string of the molecule is COc1ccc(Cl)cc1N1CCN(C(=O)c2n[nH]c3ccccc23)CC1. The standard InChI is InChI=1S/C19H19ClN4O2/c1-26-17-7-6-13(20)12-16(17)23-8-10-24(11-9-23)19(25)18-14-4-2-3-5-15(14)21-22-18/h2-7,12H,8-11H2,1H3,(H,21,22). The van der Waals surface area contributed by atoms with Gasteiger partial charge < -0.3 is 14.5 Å². The normalized spacial score (nSPS) is 14.7. The van der Waals surface area contributed by atoms with Gasteiger partial charge in [0.2, 0.25) is 0 Å². The summed E-state index contributed by atoms with van der Waals surface area (Å²) < 4.78 is 5.44. The number of benzene rings is 2. The third-order valence-electron chi connectivity index (χ3n) is 4.72. The Balaban J connectivity index is 1.50. The maximum absolute atomic E-state index is 12.9. The van der Waals surface area contributed by atoms with Crippen LogP contribution in [-0.4, -0.2) is 54.3 Å². The molecule has 0 aliphatic carbocycles. The van der Waals surface area contributed by atoms with Gasteiger partial charge in [0.1, 0.15) is 5.75 Å². The summed E-state index contributed by atoms with van der Waals surface area (Å²) in [6.07, 6.45) is 0. The highest BCUT2D eigenvalue weighted by molar-refractivity contribution is 6.31. The Bertz CT molecular complexity index is 948. The Morgan fingerprint density at radius 2 is 1.92 bits per heavy atom. The number of hydrogen-bond donors (Lipinski definition) is 1. The van der Waals surface area contributed by atoms with E-state index < -0.39 is 0 Å². The first-order chi connectivity index (χ1) is 12.7. The number of hydrogen-bond acceptors (Lipinski definition) is 4. The Kier molecular flexibility index (Phi) is 4.42. The van der Waals surface area contributed by atoms with E-state index >= 15 is 0 Å². The smallest absolute Gasteiger partial charge is 0.275 e. The van der Waals surface area contributed by atoms with Crippen LogP contribution in [0, 0.1) is 0 Å². The van der Waals surface area contributed by atoms with Gasteiger partial charge in [-0.3, -0.25) is 9.89 Å². The van der Waals surface area contributed by atoms with Gasteiger partial charge in [0, 0.05) is 36.6 Å². The second kappa shape index (κ2) is 6.88. The van der Waals surface area contributed by atoms with Crippen molar-refractivity contribution in [1.29, 1.82) is 0 Å². The van der Waals surface area contributed by atoms with Crippen LogP contribution >= 0.6 is 11.6 Å². The molecule has 134 valence electrons. The van der Waals surface area contributed by atoms with Crippen LogP contribution in [-0.2, 0) is 0 Å². The zero-order valence-electron chi connectivity index (χ0n) is 14.4. The van der Waals surface area contributed by atoms with Crippen molar-refractivity contribution in [2.75, 3.05) is 38.2 Å². The summed E-state index contributed by atoms with van der Waals surface area (Å²) in [5.41, 5.74) is 2.31. The molecule has 1 aliphatic heterocycles. The number of aromatic amines is 1. The predicted octanol–water partition coefficient (Wildman–Crippen LogP) is 3.19. The molecule has 1 saturated heterocycles. The number of methoxy groups -OCH3 is 1. The highest BCUT2D eigenvalue weighted by atomic mass is 35.5. The fourth-order valence-electron chi connectivity index (χ4n) is 3.34. The first-order valence-corrected chi connectivity index (χ1v) is 8.86. The number of piperazine rings is 1. The Morgan fingerprint density at radius 1 is 1.15 bits per heavy atom. The molecule has 2 aromatic carbocycles. The summed E-state index contributed by atoms with van der Waals surface area (Å²) in [6.45, 7) is 2.67. The molecule has 1 fully saturated rings. The molecule has 2 heterocycles. The van der Waals surface area contributed by atoms with Crippen molar-refractivity contribution in [3.63, 3.8) is 0 Å². The van der Waals surface area contributed by atoms with Crippen molar-refractivity contribution in [2.24, 2.45) is 0 Å². The van der Waals surface area contributed by atoms with Crippen molar-refractivity contribution < 1.29 is 9.53 Å². The molecule has 4 rings (SSSR count). The molecule has 0 saturated carbocycles. The topological polar surface area (TPSA) is 61.5 Å². The molecule has 1 aliphatic rings. The van der Waals surface area contributed by atoms with Crippen LogP contribution in [0.1, 0.15) is 10.5 Å². The highest BCUT2D eigenvalue weighted by Gasteiger charge is 2.26. The minimum absolute atomic E-state index is 0.0415. The van der Waals surface area contributed by atoms with Gasteiger partial charge >= 0.3 is 0 Å². The number of rotatable bonds is 3. The maximum atomic E-state index is 12.9. The summed E-state index contributed by atoms with van der Waals surface area (Å²) >= 11 is 6.14. The molecule has 0 unspecified atom stereocenters. The number of fused-ring (bicyclic) bond motifs is 1. The molecule has 1 N–H and O–H groups in total. The molecule has 0 atom stereocenters. The van der Waals surface area contributed by atoms with Gasteiger partial charge in [-0.2, -0.15) is 5.10 Å². The Morgan fingerprint density at radius 3 is 2.69 bits per heavy atom. The van der Waals surface area contributed by atoms with Gasteiger partial charge in [-0.05, 0) is 24.3 Å². The molecule has 0 radical (unpaired) electrons. The van der Waals surface area contributed by atoms with E-state index in [1.54, 1.807) is 7.11 Å². The number of nitrogens with one attached hydrogen (secondary N) is 1. The first kappa shape index (κ1) is 16.7. The number of anilines is 1. The van der Waals surface area contributed by atoms with E-state index in [9.17, 15) is 4.79 Å². The lowest BCUT2D eigenvalue weighted by molar-refractivity contribution is 0.0742. The van der Waals surface area contributed by atoms with E-state index in [1.807, 2.05) is 47.4 Å². The number of amides is 1. The zero-order chi connectivity index (χ0) is 18.1. The third kappa shape index (κ3) is 2.97. The van der Waals surface area contributed by atoms with Crippen LogP contribution in [0.5, 0.6) is 5.75 Å². The number of ether oxygens (including phenoxy) is 1. The summed E-state index contributed by atoms with van der Waals surface area (Å²) in [5, 5.41) is 8.67. The summed E-state index contributed by atoms with van der Waals surface area (Å²) in [6, 6.07) is 13.3. The lowest BCUT2D eigenvalue weighted by Gasteiger charge is -2.36. The van der Waals surface area contributed by atoms with Crippen molar-refractivity contribution in [3.8, 4) is 5.75 Å². The molecule has 1 aromatic heterocycles. The quantitative estimate of drug-likeness (QED) is 0.769. The van der Waals surface area contributed by atoms with Gasteiger partial charge in [0.15, 0.2) is 5.69 Å². The minimum atomic E-state index is -0.0415. The highest BCUT2D eigenvalue weighted by Crippen LogP contribution is 2.32. The van der Waals surface area contributed by atoms with Crippen molar-refractivity contribution >= 4 is 34.1 Å². The van der Waals surface area contributed by atoms with Gasteiger partial charge in [-0.25, -0.2) is 0 Å². The number of nitrogens with zero attached hydrogens (tertiary/aromatic N) is 3. The lowest BCUT2D eigenvalue weighted by atomic mass is 10.1. The van der Waals surface area contributed by atoms with Crippen molar-refractivity contribution in [1.82, 2.24) is 15.1 Å². The van der Waals surface area contributed by atoms with Crippen molar-refractivity contribution in [2.45, 2.75) is 0 Å². The Labute approximate surface area is 156 Å². The lowest BCUT2D eigenvalue weighted by Crippen LogP contribution is -2.49. The summed E-state index contributed by atoms with van der Waals surface area (Å²) in [4.78, 5) is 16.9. The zero-order valence-corrected chi connectivity index (χ0v) is 15.2. The molecule has 0 spiro atoms. The molecule has 26 heavy (non-hydrogen) atoms. The predicted molar refractivity (Wildman–Crippen MR) is 102 cm³/mol. The van der Waals surface area contributed by atoms with Crippen LogP contribution in [0.3, 0.4) is 0 Å². The van der Waals surface area contributed by atoms with Crippen molar-refractivity contribution in [3.05, 3.63) is 53.2 Å². The van der Waals surface area contributed by atoms with Gasteiger partial charge in [-0.1, -0.05) is 29.8 Å². The first-order valence-electron chi connectivity index (χ1n) is 8.48. The number of para-hydroxylation sites is 1. The maximum Gasteiger partial charge on any atom is 0.275 e. The van der Waals surface area contributed by atoms with E-state index in [2.05, 4.69) is 15.1 Å². The van der Waals surface area contributed by atoms with E-state index in [0.29, 0.717) is 36.9 Å². The monoisotopic (exact) mass is 370 g/mol. The van der Waals surface area contributed by atoms with E-state index in [4.69, 9.17) is 16.3 Å². The molecule has 7 heteroatoms. The Hall–Kier alpha value is -2.73. The van der Waals surface area contributed by atoms with E-state index in [-0.39, 0.29) is 5.91 Å². The van der Waals surface area contributed by atoms with E-state index in [0.717, 1.165) is 22.3 Å². The van der Waals surface area contributed by atoms with Gasteiger partial charge in [-0.15, -0.1) is 0 Å². The van der Waals surface area contributed by atoms with Crippen LogP contribution in [0.2, 0.25) is 5.02 Å². The fourth-order valence-corrected chi connectivity index (χ4v) is 3.50. The van der Waals surface area contributed by atoms with Crippen LogP contribution in [0.4, 0.5) is 5.69 Å². The number of carbonyl (C=O) groups is 1. The number of aromatic nitrogens is 2. The molecular formula is C19H19ClN4O2. The van der Waals surface area contributed by atoms with Gasteiger partial charge in [0.25, 0.3) is 5.91 Å². The molecule has 6 nitrogen and oxygen atoms in total. The largest absolute Gasteiger partial charge is 0.495 e. The molecule has 1 amide bonds. The number of H-pyrrole nitrogens is 1. The molecular weight excluding hydrogens is 352 g/mol. The van der Waals surface area contributed by atoms with Gasteiger partial charge in [0.05, 0.1) is 18.3 Å². The number of carbonyl (C=O) groups excluding carboxylic acids is 1. The summed E-state index contributed by atoms with van der Waals surface area (Å²) in [5.74, 6) is 0.743. The summed E-state index contributed by atoms with van der Waals surface area (Å²) in [7, 11) is 1.65. The second-order valence-electron chi connectivity index (χ2n) is 6.21. The second-order valence-corrected chi connectivity index (χ2v) is 6.65. The molecule has 3 aromatic rings. The minimum Gasteiger partial charge on any atom is -0.495 e. The van der Waals surface area contributed by atoms with Crippen LogP contribution < -0.4 is 9.64 Å². The fraction of sp³-hybridized carbons (Fsp3) is 0.263. The molecule has 0 bridgehead atoms. The van der Waals surface area contributed by atoms with Crippen LogP contribution in [0.15, 0.2) is 42.5 Å². The third-order valence-corrected chi connectivity index (χ3v) is 4.96. The van der Waals surface area contributed by atoms with Crippen LogP contribution in [0.25, 0.3) is 10.9 Å². The average Bonchev–Trinajstić information content (AvgIpc) is 3.11. The number of halogens is 1. The van der Waals surface area contributed by atoms with E-state index in [1.165, 1.54) is 0 Å².